The number of halogens is 2. The zero-order chi connectivity index (χ0) is 13.5. The molecule has 3 nitrogen and oxygen atoms in total. The van der Waals surface area contributed by atoms with Gasteiger partial charge >= 0.3 is 0 Å². The molecule has 0 aromatic heterocycles. The van der Waals surface area contributed by atoms with Gasteiger partial charge in [-0.25, -0.2) is 4.39 Å². The van der Waals surface area contributed by atoms with Gasteiger partial charge in [-0.05, 0) is 52.9 Å². The molecule has 1 aromatic rings. The molecule has 100 valence electrons. The van der Waals surface area contributed by atoms with Crippen LogP contribution in [0.5, 0.6) is 0 Å². The van der Waals surface area contributed by atoms with E-state index in [0.717, 1.165) is 12.8 Å². The van der Waals surface area contributed by atoms with Crippen molar-refractivity contribution in [3.8, 4) is 0 Å². The van der Waals surface area contributed by atoms with E-state index in [1.165, 1.54) is 18.2 Å². The number of aliphatic hydroxyl groups excluding tert-OH is 1. The van der Waals surface area contributed by atoms with E-state index in [2.05, 4.69) is 21.2 Å². The SMILES string of the molecule is CC(CO)CCCNC(=O)c1cc(F)ccc1Br. The highest BCUT2D eigenvalue weighted by Gasteiger charge is 2.10. The summed E-state index contributed by atoms with van der Waals surface area (Å²) in [5, 5.41) is 11.6. The molecule has 1 atom stereocenters. The number of carbonyl (C=O) groups excluding carboxylic acids is 1. The van der Waals surface area contributed by atoms with E-state index < -0.39 is 5.82 Å². The largest absolute Gasteiger partial charge is 0.396 e. The molecule has 0 bridgehead atoms. The number of hydrogen-bond acceptors (Lipinski definition) is 2. The number of aliphatic hydroxyl groups is 1. The highest BCUT2D eigenvalue weighted by molar-refractivity contribution is 9.10. The number of amides is 1. The van der Waals surface area contributed by atoms with Crippen LogP contribution in [-0.2, 0) is 0 Å². The van der Waals surface area contributed by atoms with Crippen LogP contribution < -0.4 is 5.32 Å². The third-order valence-corrected chi connectivity index (χ3v) is 3.34. The van der Waals surface area contributed by atoms with Gasteiger partial charge in [-0.2, -0.15) is 0 Å². The fourth-order valence-electron chi connectivity index (χ4n) is 1.51. The lowest BCUT2D eigenvalue weighted by atomic mass is 10.1. The second kappa shape index (κ2) is 7.48. The Balaban J connectivity index is 2.43. The predicted molar refractivity (Wildman–Crippen MR) is 71.9 cm³/mol. The highest BCUT2D eigenvalue weighted by atomic mass is 79.9. The molecule has 0 aliphatic carbocycles. The second-order valence-electron chi connectivity index (χ2n) is 4.31. The summed E-state index contributed by atoms with van der Waals surface area (Å²) < 4.78 is 13.6. The lowest BCUT2D eigenvalue weighted by Crippen LogP contribution is -2.25. The van der Waals surface area contributed by atoms with Crippen LogP contribution in [0.4, 0.5) is 4.39 Å². The first-order valence-electron chi connectivity index (χ1n) is 5.88. The van der Waals surface area contributed by atoms with Crippen LogP contribution in [0.25, 0.3) is 0 Å². The molecule has 2 N–H and O–H groups in total. The van der Waals surface area contributed by atoms with Crippen LogP contribution in [0.2, 0.25) is 0 Å². The molecule has 1 rings (SSSR count). The third kappa shape index (κ3) is 4.74. The van der Waals surface area contributed by atoms with Crippen LogP contribution >= 0.6 is 15.9 Å². The van der Waals surface area contributed by atoms with Gasteiger partial charge in [-0.15, -0.1) is 0 Å². The first-order chi connectivity index (χ1) is 8.54. The van der Waals surface area contributed by atoms with Gasteiger partial charge in [0, 0.05) is 17.6 Å². The minimum absolute atomic E-state index is 0.156. The first-order valence-corrected chi connectivity index (χ1v) is 6.68. The van der Waals surface area contributed by atoms with Crippen LogP contribution in [0, 0.1) is 11.7 Å². The summed E-state index contributed by atoms with van der Waals surface area (Å²) in [7, 11) is 0. The molecule has 1 amide bonds. The van der Waals surface area contributed by atoms with E-state index in [1.54, 1.807) is 0 Å². The molecular formula is C13H17BrFNO2. The maximum atomic E-state index is 13.0. The predicted octanol–water partition coefficient (Wildman–Crippen LogP) is 2.73. The molecule has 0 aliphatic heterocycles. The van der Waals surface area contributed by atoms with Crippen molar-refractivity contribution in [2.24, 2.45) is 5.92 Å². The molecule has 1 unspecified atom stereocenters. The summed E-state index contributed by atoms with van der Waals surface area (Å²) in [5.41, 5.74) is 0.296. The normalized spacial score (nSPS) is 12.2. The van der Waals surface area contributed by atoms with Crippen molar-refractivity contribution in [2.45, 2.75) is 19.8 Å². The lowest BCUT2D eigenvalue weighted by molar-refractivity contribution is 0.0951. The summed E-state index contributed by atoms with van der Waals surface area (Å²) >= 11 is 3.21. The molecule has 18 heavy (non-hydrogen) atoms. The Morgan fingerprint density at radius 1 is 1.56 bits per heavy atom. The number of carbonyl (C=O) groups is 1. The summed E-state index contributed by atoms with van der Waals surface area (Å²) in [6.45, 7) is 2.63. The van der Waals surface area contributed by atoms with E-state index in [4.69, 9.17) is 5.11 Å². The molecule has 0 radical (unpaired) electrons. The van der Waals surface area contributed by atoms with Crippen molar-refractivity contribution in [2.75, 3.05) is 13.2 Å². The number of hydrogen-bond donors (Lipinski definition) is 2. The quantitative estimate of drug-likeness (QED) is 0.793. The lowest BCUT2D eigenvalue weighted by Gasteiger charge is -2.09. The van der Waals surface area contributed by atoms with Gasteiger partial charge in [0.2, 0.25) is 0 Å². The van der Waals surface area contributed by atoms with Gasteiger partial charge in [-0.3, -0.25) is 4.79 Å². The Bertz CT molecular complexity index is 412. The van der Waals surface area contributed by atoms with Gasteiger partial charge in [0.15, 0.2) is 0 Å². The molecule has 0 saturated carbocycles. The fourth-order valence-corrected chi connectivity index (χ4v) is 1.94. The molecule has 0 saturated heterocycles. The highest BCUT2D eigenvalue weighted by Crippen LogP contribution is 2.17. The average Bonchev–Trinajstić information content (AvgIpc) is 2.36. The first kappa shape index (κ1) is 15.1. The molecule has 0 spiro atoms. The fraction of sp³-hybridized carbons (Fsp3) is 0.462. The summed E-state index contributed by atoms with van der Waals surface area (Å²) in [6, 6.07) is 4.01. The van der Waals surface area contributed by atoms with Crippen molar-refractivity contribution >= 4 is 21.8 Å². The summed E-state index contributed by atoms with van der Waals surface area (Å²) in [6.07, 6.45) is 1.64. The Morgan fingerprint density at radius 2 is 2.28 bits per heavy atom. The standard InChI is InChI=1S/C13H17BrFNO2/c1-9(8-17)3-2-6-16-13(18)11-7-10(15)4-5-12(11)14/h4-5,7,9,17H,2-3,6,8H2,1H3,(H,16,18). The van der Waals surface area contributed by atoms with Gasteiger partial charge in [0.1, 0.15) is 5.82 Å². The zero-order valence-corrected chi connectivity index (χ0v) is 11.8. The van der Waals surface area contributed by atoms with E-state index in [1.807, 2.05) is 6.92 Å². The van der Waals surface area contributed by atoms with Gasteiger partial charge in [-0.1, -0.05) is 6.92 Å². The van der Waals surface area contributed by atoms with Gasteiger partial charge in [0.05, 0.1) is 5.56 Å². The van der Waals surface area contributed by atoms with Crippen LogP contribution in [0.15, 0.2) is 22.7 Å². The van der Waals surface area contributed by atoms with Crippen molar-refractivity contribution in [3.63, 3.8) is 0 Å². The van der Waals surface area contributed by atoms with Gasteiger partial charge < -0.3 is 10.4 Å². The number of nitrogens with one attached hydrogen (secondary N) is 1. The minimum atomic E-state index is -0.433. The second-order valence-corrected chi connectivity index (χ2v) is 5.16. The molecule has 0 fully saturated rings. The van der Waals surface area contributed by atoms with Crippen LogP contribution in [0.3, 0.4) is 0 Å². The average molecular weight is 318 g/mol. The van der Waals surface area contributed by atoms with Crippen molar-refractivity contribution in [3.05, 3.63) is 34.1 Å². The van der Waals surface area contributed by atoms with E-state index >= 15 is 0 Å². The monoisotopic (exact) mass is 317 g/mol. The maximum Gasteiger partial charge on any atom is 0.252 e. The molecular weight excluding hydrogens is 301 g/mol. The third-order valence-electron chi connectivity index (χ3n) is 2.64. The van der Waals surface area contributed by atoms with E-state index in [0.29, 0.717) is 16.6 Å². The van der Waals surface area contributed by atoms with Crippen molar-refractivity contribution < 1.29 is 14.3 Å². The summed E-state index contributed by atoms with van der Waals surface area (Å²) in [5.74, 6) is -0.488. The Labute approximate surface area is 115 Å². The van der Waals surface area contributed by atoms with Crippen molar-refractivity contribution in [1.82, 2.24) is 5.32 Å². The van der Waals surface area contributed by atoms with Gasteiger partial charge in [0.25, 0.3) is 5.91 Å². The number of benzene rings is 1. The minimum Gasteiger partial charge on any atom is -0.396 e. The molecule has 1 aromatic carbocycles. The topological polar surface area (TPSA) is 49.3 Å². The van der Waals surface area contributed by atoms with E-state index in [-0.39, 0.29) is 18.4 Å². The van der Waals surface area contributed by atoms with Crippen LogP contribution in [-0.4, -0.2) is 24.2 Å². The smallest absolute Gasteiger partial charge is 0.252 e. The Morgan fingerprint density at radius 3 is 2.94 bits per heavy atom. The Hall–Kier alpha value is -0.940. The van der Waals surface area contributed by atoms with Crippen molar-refractivity contribution in [1.29, 1.82) is 0 Å². The van der Waals surface area contributed by atoms with E-state index in [9.17, 15) is 9.18 Å². The van der Waals surface area contributed by atoms with Crippen LogP contribution in [0.1, 0.15) is 30.1 Å². The Kier molecular flexibility index (Phi) is 6.29. The summed E-state index contributed by atoms with van der Waals surface area (Å²) in [4.78, 5) is 11.8. The number of rotatable bonds is 6. The molecule has 5 heteroatoms. The molecule has 0 aliphatic rings. The maximum absolute atomic E-state index is 13.0. The molecule has 0 heterocycles. The zero-order valence-electron chi connectivity index (χ0n) is 10.2.